The molecule has 5 nitrogen and oxygen atoms in total. The van der Waals surface area contributed by atoms with Crippen molar-refractivity contribution in [3.8, 4) is 0 Å². The summed E-state index contributed by atoms with van der Waals surface area (Å²) in [7, 11) is 1.81. The summed E-state index contributed by atoms with van der Waals surface area (Å²) < 4.78 is 2.94. The molecule has 0 amide bonds. The number of hydrogen-bond donors (Lipinski definition) is 0. The Morgan fingerprint density at radius 3 is 2.87 bits per heavy atom. The van der Waals surface area contributed by atoms with E-state index in [-0.39, 0.29) is 5.69 Å². The van der Waals surface area contributed by atoms with E-state index in [0.717, 1.165) is 14.6 Å². The van der Waals surface area contributed by atoms with Gasteiger partial charge in [0.15, 0.2) is 0 Å². The van der Waals surface area contributed by atoms with Crippen LogP contribution in [0.2, 0.25) is 0 Å². The molecule has 1 aromatic heterocycles. The van der Waals surface area contributed by atoms with E-state index in [2.05, 4.69) is 43.6 Å². The standard InChI is InChI=1S/C8H5BrIN3O2/c1-12-4-2-3-5(13(14)15)7(9)6(4)8(10)11-12/h2-3H,1H3. The Kier molecular flexibility index (Phi) is 2.67. The van der Waals surface area contributed by atoms with Crippen LogP contribution in [-0.2, 0) is 7.05 Å². The van der Waals surface area contributed by atoms with Gasteiger partial charge in [-0.1, -0.05) is 0 Å². The summed E-state index contributed by atoms with van der Waals surface area (Å²) in [5.74, 6) is 0. The summed E-state index contributed by atoms with van der Waals surface area (Å²) in [6.45, 7) is 0. The Balaban J connectivity index is 2.89. The largest absolute Gasteiger partial charge is 0.284 e. The van der Waals surface area contributed by atoms with Crippen molar-refractivity contribution in [1.82, 2.24) is 9.78 Å². The minimum absolute atomic E-state index is 0.0633. The first-order chi connectivity index (χ1) is 7.02. The zero-order chi connectivity index (χ0) is 11.2. The first kappa shape index (κ1) is 10.8. The maximum Gasteiger partial charge on any atom is 0.284 e. The molecule has 7 heteroatoms. The molecule has 2 rings (SSSR count). The van der Waals surface area contributed by atoms with E-state index in [1.807, 2.05) is 7.05 Å². The predicted octanol–water partition coefficient (Wildman–Crippen LogP) is 2.85. The van der Waals surface area contributed by atoms with Crippen molar-refractivity contribution in [2.45, 2.75) is 0 Å². The van der Waals surface area contributed by atoms with Crippen LogP contribution in [0.1, 0.15) is 0 Å². The van der Waals surface area contributed by atoms with Crippen LogP contribution in [0.3, 0.4) is 0 Å². The van der Waals surface area contributed by atoms with E-state index in [0.29, 0.717) is 4.47 Å². The molecule has 2 aromatic rings. The molecule has 0 saturated carbocycles. The second-order valence-electron chi connectivity index (χ2n) is 2.96. The molecule has 0 aliphatic rings. The number of nitrogens with zero attached hydrogens (tertiary/aromatic N) is 3. The van der Waals surface area contributed by atoms with Crippen molar-refractivity contribution in [2.75, 3.05) is 0 Å². The van der Waals surface area contributed by atoms with Crippen LogP contribution < -0.4 is 0 Å². The third kappa shape index (κ3) is 1.63. The Hall–Kier alpha value is -0.700. The van der Waals surface area contributed by atoms with Crippen molar-refractivity contribution < 1.29 is 4.92 Å². The molecule has 0 N–H and O–H groups in total. The SMILES string of the molecule is Cn1nc(I)c2c(Br)c([N+](=O)[O-])ccc21. The number of rotatable bonds is 1. The van der Waals surface area contributed by atoms with Crippen molar-refractivity contribution in [3.63, 3.8) is 0 Å². The third-order valence-electron chi connectivity index (χ3n) is 2.09. The maximum atomic E-state index is 10.7. The van der Waals surface area contributed by atoms with Gasteiger partial charge in [-0.2, -0.15) is 5.10 Å². The maximum absolute atomic E-state index is 10.7. The number of fused-ring (bicyclic) bond motifs is 1. The molecule has 0 aliphatic carbocycles. The lowest BCUT2D eigenvalue weighted by atomic mass is 10.2. The first-order valence-electron chi connectivity index (χ1n) is 3.97. The van der Waals surface area contributed by atoms with E-state index >= 15 is 0 Å². The zero-order valence-corrected chi connectivity index (χ0v) is 11.3. The Bertz CT molecular complexity index is 567. The molecule has 0 saturated heterocycles. The van der Waals surface area contributed by atoms with Crippen LogP contribution in [0.15, 0.2) is 16.6 Å². The molecule has 1 heterocycles. The summed E-state index contributed by atoms with van der Waals surface area (Å²) in [5.41, 5.74) is 0.935. The van der Waals surface area contributed by atoms with Gasteiger partial charge in [0.1, 0.15) is 8.17 Å². The molecule has 0 fully saturated rings. The van der Waals surface area contributed by atoms with Crippen molar-refractivity contribution in [2.24, 2.45) is 7.05 Å². The van der Waals surface area contributed by atoms with Gasteiger partial charge < -0.3 is 0 Å². The van der Waals surface area contributed by atoms with Gasteiger partial charge in [-0.05, 0) is 44.6 Å². The number of halogens is 2. The van der Waals surface area contributed by atoms with Crippen LogP contribution in [0.5, 0.6) is 0 Å². The molecule has 78 valence electrons. The number of nitro benzene ring substituents is 1. The van der Waals surface area contributed by atoms with Gasteiger partial charge >= 0.3 is 0 Å². The molecule has 0 bridgehead atoms. The summed E-state index contributed by atoms with van der Waals surface area (Å²) in [4.78, 5) is 10.3. The Labute approximate surface area is 107 Å². The Morgan fingerprint density at radius 2 is 2.27 bits per heavy atom. The van der Waals surface area contributed by atoms with Crippen molar-refractivity contribution in [1.29, 1.82) is 0 Å². The fourth-order valence-electron chi connectivity index (χ4n) is 1.40. The quantitative estimate of drug-likeness (QED) is 0.433. The molecular weight excluding hydrogens is 377 g/mol. The normalized spacial score (nSPS) is 10.9. The molecule has 1 aromatic carbocycles. The van der Waals surface area contributed by atoms with E-state index in [4.69, 9.17) is 0 Å². The topological polar surface area (TPSA) is 61.0 Å². The number of aromatic nitrogens is 2. The van der Waals surface area contributed by atoms with E-state index in [9.17, 15) is 10.1 Å². The fraction of sp³-hybridized carbons (Fsp3) is 0.125. The van der Waals surface area contributed by atoms with Crippen LogP contribution in [0.25, 0.3) is 10.9 Å². The number of aryl methyl sites for hydroxylation is 1. The highest BCUT2D eigenvalue weighted by molar-refractivity contribution is 14.1. The van der Waals surface area contributed by atoms with E-state index in [1.165, 1.54) is 6.07 Å². The minimum Gasteiger partial charge on any atom is -0.267 e. The Morgan fingerprint density at radius 1 is 1.60 bits per heavy atom. The zero-order valence-electron chi connectivity index (χ0n) is 7.57. The van der Waals surface area contributed by atoms with E-state index in [1.54, 1.807) is 10.7 Å². The van der Waals surface area contributed by atoms with Gasteiger partial charge in [0, 0.05) is 13.1 Å². The van der Waals surface area contributed by atoms with Gasteiger partial charge in [0.05, 0.1) is 15.8 Å². The highest BCUT2D eigenvalue weighted by atomic mass is 127. The van der Waals surface area contributed by atoms with Gasteiger partial charge in [-0.25, -0.2) is 0 Å². The van der Waals surface area contributed by atoms with Gasteiger partial charge in [0.2, 0.25) is 0 Å². The lowest BCUT2D eigenvalue weighted by Crippen LogP contribution is -1.91. The number of nitro groups is 1. The predicted molar refractivity (Wildman–Crippen MR) is 67.8 cm³/mol. The summed E-state index contributed by atoms with van der Waals surface area (Å²) in [6.07, 6.45) is 0. The third-order valence-corrected chi connectivity index (χ3v) is 3.65. The minimum atomic E-state index is -0.410. The summed E-state index contributed by atoms with van der Waals surface area (Å²) in [5, 5.41) is 15.7. The van der Waals surface area contributed by atoms with Crippen LogP contribution in [0.4, 0.5) is 5.69 Å². The second-order valence-corrected chi connectivity index (χ2v) is 4.78. The van der Waals surface area contributed by atoms with Gasteiger partial charge in [0.25, 0.3) is 5.69 Å². The average Bonchev–Trinajstić information content (AvgIpc) is 2.43. The number of benzene rings is 1. The summed E-state index contributed by atoms with van der Waals surface area (Å²) >= 11 is 5.31. The highest BCUT2D eigenvalue weighted by Crippen LogP contribution is 2.34. The first-order valence-corrected chi connectivity index (χ1v) is 5.84. The molecular formula is C8H5BrIN3O2. The second kappa shape index (κ2) is 3.71. The molecule has 0 radical (unpaired) electrons. The van der Waals surface area contributed by atoms with Crippen molar-refractivity contribution >= 4 is 55.1 Å². The fourth-order valence-corrected chi connectivity index (χ4v) is 3.31. The van der Waals surface area contributed by atoms with Crippen LogP contribution >= 0.6 is 38.5 Å². The average molecular weight is 382 g/mol. The highest BCUT2D eigenvalue weighted by Gasteiger charge is 2.19. The monoisotopic (exact) mass is 381 g/mol. The molecule has 15 heavy (non-hydrogen) atoms. The van der Waals surface area contributed by atoms with Gasteiger partial charge in [-0.3, -0.25) is 14.8 Å². The molecule has 0 unspecified atom stereocenters. The van der Waals surface area contributed by atoms with Crippen LogP contribution in [0, 0.1) is 13.8 Å². The lowest BCUT2D eigenvalue weighted by Gasteiger charge is -1.97. The molecule has 0 spiro atoms. The van der Waals surface area contributed by atoms with E-state index < -0.39 is 4.92 Å². The van der Waals surface area contributed by atoms with Crippen molar-refractivity contribution in [3.05, 3.63) is 30.4 Å². The molecule has 0 atom stereocenters. The van der Waals surface area contributed by atoms with Gasteiger partial charge in [-0.15, -0.1) is 0 Å². The number of hydrogen-bond acceptors (Lipinski definition) is 3. The van der Waals surface area contributed by atoms with Crippen LogP contribution in [-0.4, -0.2) is 14.7 Å². The summed E-state index contributed by atoms with van der Waals surface area (Å²) in [6, 6.07) is 3.18. The smallest absolute Gasteiger partial charge is 0.267 e. The lowest BCUT2D eigenvalue weighted by molar-refractivity contribution is -0.385. The molecule has 0 aliphatic heterocycles.